The molecular formula is C14H15BrFNS. The van der Waals surface area contributed by atoms with Crippen molar-refractivity contribution in [1.82, 2.24) is 5.32 Å². The minimum Gasteiger partial charge on any atom is -0.309 e. The molecule has 0 saturated carbocycles. The molecule has 0 saturated heterocycles. The van der Waals surface area contributed by atoms with Gasteiger partial charge in [-0.15, -0.1) is 11.3 Å². The number of hydrogen-bond acceptors (Lipinski definition) is 2. The molecule has 0 spiro atoms. The predicted octanol–water partition coefficient (Wildman–Crippen LogP) is 4.52. The van der Waals surface area contributed by atoms with E-state index in [1.165, 1.54) is 10.9 Å². The highest BCUT2D eigenvalue weighted by Crippen LogP contribution is 2.34. The van der Waals surface area contributed by atoms with Gasteiger partial charge in [0, 0.05) is 19.8 Å². The standard InChI is InChI=1S/C14H15BrFNS/c1-3-9-7-8-12(18-9)14(17-2)13-10(15)5-4-6-11(13)16/h4-8,14,17H,3H2,1-2H3. The summed E-state index contributed by atoms with van der Waals surface area (Å²) in [4.78, 5) is 2.46. The van der Waals surface area contributed by atoms with Crippen molar-refractivity contribution in [3.63, 3.8) is 0 Å². The summed E-state index contributed by atoms with van der Waals surface area (Å²) in [6.07, 6.45) is 1.01. The molecule has 1 nitrogen and oxygen atoms in total. The molecule has 4 heteroatoms. The number of thiophene rings is 1. The van der Waals surface area contributed by atoms with Crippen molar-refractivity contribution >= 4 is 27.3 Å². The van der Waals surface area contributed by atoms with Crippen molar-refractivity contribution in [2.45, 2.75) is 19.4 Å². The Labute approximate surface area is 119 Å². The van der Waals surface area contributed by atoms with Crippen LogP contribution in [0.25, 0.3) is 0 Å². The van der Waals surface area contributed by atoms with Gasteiger partial charge in [0.1, 0.15) is 5.82 Å². The van der Waals surface area contributed by atoms with Gasteiger partial charge in [-0.05, 0) is 37.7 Å². The highest BCUT2D eigenvalue weighted by atomic mass is 79.9. The third-order valence-corrected chi connectivity index (χ3v) is 4.88. The zero-order valence-electron chi connectivity index (χ0n) is 10.3. The van der Waals surface area contributed by atoms with Crippen molar-refractivity contribution < 1.29 is 4.39 Å². The Morgan fingerprint density at radius 3 is 2.67 bits per heavy atom. The lowest BCUT2D eigenvalue weighted by Gasteiger charge is -2.17. The van der Waals surface area contributed by atoms with Gasteiger partial charge in [-0.3, -0.25) is 0 Å². The number of halogens is 2. The van der Waals surface area contributed by atoms with Crippen LogP contribution < -0.4 is 5.32 Å². The lowest BCUT2D eigenvalue weighted by Crippen LogP contribution is -2.18. The van der Waals surface area contributed by atoms with Gasteiger partial charge in [0.2, 0.25) is 0 Å². The van der Waals surface area contributed by atoms with Crippen LogP contribution in [0.3, 0.4) is 0 Å². The molecule has 0 aliphatic heterocycles. The van der Waals surface area contributed by atoms with Crippen molar-refractivity contribution in [3.8, 4) is 0 Å². The summed E-state index contributed by atoms with van der Waals surface area (Å²) in [7, 11) is 1.86. The third-order valence-electron chi connectivity index (χ3n) is 2.89. The fourth-order valence-electron chi connectivity index (χ4n) is 1.96. The van der Waals surface area contributed by atoms with Crippen LogP contribution in [0.5, 0.6) is 0 Å². The van der Waals surface area contributed by atoms with Gasteiger partial charge in [0.15, 0.2) is 0 Å². The van der Waals surface area contributed by atoms with Crippen LogP contribution in [0.2, 0.25) is 0 Å². The highest BCUT2D eigenvalue weighted by Gasteiger charge is 2.20. The third kappa shape index (κ3) is 2.66. The number of nitrogens with one attached hydrogen (secondary N) is 1. The summed E-state index contributed by atoms with van der Waals surface area (Å²) in [5.74, 6) is -0.185. The molecule has 0 amide bonds. The molecule has 0 radical (unpaired) electrons. The normalized spacial score (nSPS) is 12.7. The molecule has 1 aromatic carbocycles. The van der Waals surface area contributed by atoms with E-state index in [1.54, 1.807) is 17.4 Å². The molecule has 96 valence electrons. The average molecular weight is 328 g/mol. The number of benzene rings is 1. The number of rotatable bonds is 4. The van der Waals surface area contributed by atoms with Crippen molar-refractivity contribution in [3.05, 3.63) is 55.9 Å². The van der Waals surface area contributed by atoms with E-state index in [1.807, 2.05) is 13.1 Å². The fraction of sp³-hybridized carbons (Fsp3) is 0.286. The first-order valence-electron chi connectivity index (χ1n) is 5.87. The van der Waals surface area contributed by atoms with Crippen LogP contribution in [-0.4, -0.2) is 7.05 Å². The van der Waals surface area contributed by atoms with Gasteiger partial charge in [0.25, 0.3) is 0 Å². The fourth-order valence-corrected chi connectivity index (χ4v) is 3.60. The first kappa shape index (κ1) is 13.7. The molecule has 2 aromatic rings. The molecule has 0 aliphatic carbocycles. The molecule has 1 aromatic heterocycles. The van der Waals surface area contributed by atoms with Gasteiger partial charge in [-0.25, -0.2) is 4.39 Å². The molecule has 18 heavy (non-hydrogen) atoms. The van der Waals surface area contributed by atoms with Crippen LogP contribution in [0, 0.1) is 5.82 Å². The molecule has 0 fully saturated rings. The zero-order valence-corrected chi connectivity index (χ0v) is 12.7. The minimum atomic E-state index is -0.185. The zero-order chi connectivity index (χ0) is 13.1. The minimum absolute atomic E-state index is 0.106. The number of aryl methyl sites for hydroxylation is 1. The summed E-state index contributed by atoms with van der Waals surface area (Å²) in [6.45, 7) is 2.13. The molecule has 2 rings (SSSR count). The van der Waals surface area contributed by atoms with Gasteiger partial charge in [0.05, 0.1) is 6.04 Å². The van der Waals surface area contributed by atoms with Crippen LogP contribution in [0.4, 0.5) is 4.39 Å². The first-order chi connectivity index (χ1) is 8.67. The van der Waals surface area contributed by atoms with Crippen LogP contribution in [0.1, 0.15) is 28.3 Å². The molecule has 1 N–H and O–H groups in total. The topological polar surface area (TPSA) is 12.0 Å². The Balaban J connectivity index is 2.45. The molecule has 0 aliphatic rings. The van der Waals surface area contributed by atoms with Crippen molar-refractivity contribution in [1.29, 1.82) is 0 Å². The quantitative estimate of drug-likeness (QED) is 0.870. The molecular weight excluding hydrogens is 313 g/mol. The summed E-state index contributed by atoms with van der Waals surface area (Å²) in [5.41, 5.74) is 0.671. The van der Waals surface area contributed by atoms with E-state index in [0.29, 0.717) is 5.56 Å². The monoisotopic (exact) mass is 327 g/mol. The lowest BCUT2D eigenvalue weighted by molar-refractivity contribution is 0.577. The maximum atomic E-state index is 14.0. The maximum absolute atomic E-state index is 14.0. The largest absolute Gasteiger partial charge is 0.309 e. The highest BCUT2D eigenvalue weighted by molar-refractivity contribution is 9.10. The van der Waals surface area contributed by atoms with E-state index >= 15 is 0 Å². The second-order valence-corrected chi connectivity index (χ2v) is 6.07. The summed E-state index contributed by atoms with van der Waals surface area (Å²) in [5, 5.41) is 3.19. The smallest absolute Gasteiger partial charge is 0.129 e. The van der Waals surface area contributed by atoms with E-state index in [2.05, 4.69) is 40.3 Å². The molecule has 1 heterocycles. The first-order valence-corrected chi connectivity index (χ1v) is 7.48. The van der Waals surface area contributed by atoms with Gasteiger partial charge < -0.3 is 5.32 Å². The summed E-state index contributed by atoms with van der Waals surface area (Å²) >= 11 is 5.16. The van der Waals surface area contributed by atoms with E-state index in [9.17, 15) is 4.39 Å². The van der Waals surface area contributed by atoms with E-state index < -0.39 is 0 Å². The van der Waals surface area contributed by atoms with Gasteiger partial charge in [-0.1, -0.05) is 28.9 Å². The summed E-state index contributed by atoms with van der Waals surface area (Å²) in [6, 6.07) is 9.16. The maximum Gasteiger partial charge on any atom is 0.129 e. The van der Waals surface area contributed by atoms with Crippen LogP contribution in [0.15, 0.2) is 34.8 Å². The van der Waals surface area contributed by atoms with Crippen LogP contribution in [-0.2, 0) is 6.42 Å². The Hall–Kier alpha value is -0.710. The lowest BCUT2D eigenvalue weighted by atomic mass is 10.0. The molecule has 1 unspecified atom stereocenters. The van der Waals surface area contributed by atoms with Gasteiger partial charge in [-0.2, -0.15) is 0 Å². The predicted molar refractivity (Wildman–Crippen MR) is 78.7 cm³/mol. The summed E-state index contributed by atoms with van der Waals surface area (Å²) < 4.78 is 14.8. The Kier molecular flexibility index (Phi) is 4.54. The molecule has 1 atom stereocenters. The second kappa shape index (κ2) is 5.95. The van der Waals surface area contributed by atoms with E-state index in [0.717, 1.165) is 15.8 Å². The van der Waals surface area contributed by atoms with Crippen molar-refractivity contribution in [2.24, 2.45) is 0 Å². The van der Waals surface area contributed by atoms with Crippen molar-refractivity contribution in [2.75, 3.05) is 7.05 Å². The second-order valence-electron chi connectivity index (χ2n) is 4.01. The van der Waals surface area contributed by atoms with Gasteiger partial charge >= 0.3 is 0 Å². The van der Waals surface area contributed by atoms with Crippen LogP contribution >= 0.6 is 27.3 Å². The Bertz CT molecular complexity index is 518. The van der Waals surface area contributed by atoms with E-state index in [4.69, 9.17) is 0 Å². The number of hydrogen-bond donors (Lipinski definition) is 1. The average Bonchev–Trinajstić information content (AvgIpc) is 2.82. The van der Waals surface area contributed by atoms with E-state index in [-0.39, 0.29) is 11.9 Å². The SMILES string of the molecule is CCc1ccc(C(NC)c2c(F)cccc2Br)s1. The molecule has 0 bridgehead atoms. The Morgan fingerprint density at radius 2 is 2.11 bits per heavy atom. The Morgan fingerprint density at radius 1 is 1.33 bits per heavy atom.